The zero-order chi connectivity index (χ0) is 18.1. The number of rotatable bonds is 5. The van der Waals surface area contributed by atoms with Crippen molar-refractivity contribution in [2.24, 2.45) is 17.8 Å². The standard InChI is InChI=1S/C19H24FN3O3/c20-15-4-13(5-15)19(25)23-9-16-14(11-26-17(16)10-23)6-18(24)22-8-12-2-1-3-21-7-12/h1-3,7,13-17H,4-6,8-11H2,(H,22,24)/t13?,14-,15?,16-,17-/m1/s1. The van der Waals surface area contributed by atoms with E-state index in [4.69, 9.17) is 4.74 Å². The zero-order valence-electron chi connectivity index (χ0n) is 14.6. The first-order valence-electron chi connectivity index (χ1n) is 9.30. The van der Waals surface area contributed by atoms with Crippen LogP contribution in [0.2, 0.25) is 0 Å². The largest absolute Gasteiger partial charge is 0.376 e. The van der Waals surface area contributed by atoms with Crippen LogP contribution < -0.4 is 5.32 Å². The first-order valence-corrected chi connectivity index (χ1v) is 9.30. The summed E-state index contributed by atoms with van der Waals surface area (Å²) >= 11 is 0. The van der Waals surface area contributed by atoms with Crippen molar-refractivity contribution in [1.29, 1.82) is 0 Å². The Hall–Kier alpha value is -2.02. The van der Waals surface area contributed by atoms with Crippen LogP contribution in [0.5, 0.6) is 0 Å². The fraction of sp³-hybridized carbons (Fsp3) is 0.632. The lowest BCUT2D eigenvalue weighted by Gasteiger charge is -2.32. The number of likely N-dealkylation sites (tertiary alicyclic amines) is 1. The number of nitrogens with one attached hydrogen (secondary N) is 1. The molecular formula is C19H24FN3O3. The molecule has 3 fully saturated rings. The number of pyridine rings is 1. The lowest BCUT2D eigenvalue weighted by Crippen LogP contribution is -2.42. The molecule has 140 valence electrons. The van der Waals surface area contributed by atoms with Gasteiger partial charge in [0.25, 0.3) is 0 Å². The van der Waals surface area contributed by atoms with Crippen LogP contribution >= 0.6 is 0 Å². The maximum Gasteiger partial charge on any atom is 0.225 e. The number of aromatic nitrogens is 1. The van der Waals surface area contributed by atoms with Crippen molar-refractivity contribution in [2.45, 2.75) is 38.1 Å². The third-order valence-electron chi connectivity index (χ3n) is 5.84. The molecular weight excluding hydrogens is 337 g/mol. The Labute approximate surface area is 152 Å². The van der Waals surface area contributed by atoms with Gasteiger partial charge in [0.05, 0.1) is 12.7 Å². The minimum absolute atomic E-state index is 0.00727. The molecule has 3 heterocycles. The van der Waals surface area contributed by atoms with Gasteiger partial charge in [0.1, 0.15) is 6.17 Å². The van der Waals surface area contributed by atoms with Gasteiger partial charge in [0, 0.05) is 50.3 Å². The van der Waals surface area contributed by atoms with Crippen molar-refractivity contribution in [3.8, 4) is 0 Å². The van der Waals surface area contributed by atoms with Gasteiger partial charge < -0.3 is 15.0 Å². The van der Waals surface area contributed by atoms with Gasteiger partial charge in [-0.25, -0.2) is 4.39 Å². The number of hydrogen-bond acceptors (Lipinski definition) is 4. The van der Waals surface area contributed by atoms with Crippen LogP contribution in [0.15, 0.2) is 24.5 Å². The predicted octanol–water partition coefficient (Wildman–Crippen LogP) is 1.31. The average Bonchev–Trinajstić information content (AvgIpc) is 3.20. The highest BCUT2D eigenvalue weighted by Gasteiger charge is 2.48. The van der Waals surface area contributed by atoms with E-state index in [1.807, 2.05) is 17.0 Å². The van der Waals surface area contributed by atoms with Gasteiger partial charge in [0.2, 0.25) is 11.8 Å². The summed E-state index contributed by atoms with van der Waals surface area (Å²) in [6.45, 7) is 2.22. The Balaban J connectivity index is 1.26. The Morgan fingerprint density at radius 3 is 2.92 bits per heavy atom. The summed E-state index contributed by atoms with van der Waals surface area (Å²) in [5.41, 5.74) is 0.964. The lowest BCUT2D eigenvalue weighted by atomic mass is 9.82. The van der Waals surface area contributed by atoms with E-state index in [9.17, 15) is 14.0 Å². The van der Waals surface area contributed by atoms with E-state index in [1.165, 1.54) is 0 Å². The smallest absolute Gasteiger partial charge is 0.225 e. The van der Waals surface area contributed by atoms with Gasteiger partial charge in [-0.1, -0.05) is 6.07 Å². The second-order valence-corrected chi connectivity index (χ2v) is 7.65. The molecule has 6 nitrogen and oxygen atoms in total. The minimum Gasteiger partial charge on any atom is -0.376 e. The second kappa shape index (κ2) is 7.31. The van der Waals surface area contributed by atoms with E-state index in [0.29, 0.717) is 45.5 Å². The Morgan fingerprint density at radius 1 is 1.35 bits per heavy atom. The van der Waals surface area contributed by atoms with Crippen LogP contribution in [0.1, 0.15) is 24.8 Å². The van der Waals surface area contributed by atoms with Crippen LogP contribution in [0.25, 0.3) is 0 Å². The molecule has 1 aromatic heterocycles. The molecule has 1 aromatic rings. The number of nitrogens with zero attached hydrogens (tertiary/aromatic N) is 2. The highest BCUT2D eigenvalue weighted by atomic mass is 19.1. The molecule has 26 heavy (non-hydrogen) atoms. The summed E-state index contributed by atoms with van der Waals surface area (Å²) < 4.78 is 18.8. The van der Waals surface area contributed by atoms with Crippen molar-refractivity contribution in [2.75, 3.05) is 19.7 Å². The number of amides is 2. The molecule has 1 saturated carbocycles. The molecule has 0 bridgehead atoms. The van der Waals surface area contributed by atoms with Crippen molar-refractivity contribution in [1.82, 2.24) is 15.2 Å². The van der Waals surface area contributed by atoms with Gasteiger partial charge >= 0.3 is 0 Å². The third-order valence-corrected chi connectivity index (χ3v) is 5.84. The van der Waals surface area contributed by atoms with Crippen LogP contribution in [-0.2, 0) is 20.9 Å². The van der Waals surface area contributed by atoms with Crippen molar-refractivity contribution < 1.29 is 18.7 Å². The molecule has 2 amide bonds. The summed E-state index contributed by atoms with van der Waals surface area (Å²) in [6, 6.07) is 3.76. The molecule has 1 N–H and O–H groups in total. The summed E-state index contributed by atoms with van der Waals surface area (Å²) in [6.07, 6.45) is 3.73. The highest BCUT2D eigenvalue weighted by molar-refractivity contribution is 5.80. The summed E-state index contributed by atoms with van der Waals surface area (Å²) in [5.74, 6) is 0.209. The van der Waals surface area contributed by atoms with Gasteiger partial charge in [-0.2, -0.15) is 0 Å². The van der Waals surface area contributed by atoms with E-state index in [2.05, 4.69) is 10.3 Å². The zero-order valence-corrected chi connectivity index (χ0v) is 14.6. The molecule has 0 radical (unpaired) electrons. The van der Waals surface area contributed by atoms with Gasteiger partial charge in [-0.3, -0.25) is 14.6 Å². The summed E-state index contributed by atoms with van der Waals surface area (Å²) in [4.78, 5) is 30.5. The summed E-state index contributed by atoms with van der Waals surface area (Å²) in [7, 11) is 0. The molecule has 0 spiro atoms. The Kier molecular flexibility index (Phi) is 4.89. The van der Waals surface area contributed by atoms with Crippen molar-refractivity contribution in [3.05, 3.63) is 30.1 Å². The van der Waals surface area contributed by atoms with Gasteiger partial charge in [-0.05, 0) is 30.4 Å². The number of hydrogen-bond donors (Lipinski definition) is 1. The van der Waals surface area contributed by atoms with Crippen LogP contribution in [-0.4, -0.2) is 53.7 Å². The fourth-order valence-electron chi connectivity index (χ4n) is 4.21. The number of carbonyl (C=O) groups is 2. The van der Waals surface area contributed by atoms with Gasteiger partial charge in [0.15, 0.2) is 0 Å². The van der Waals surface area contributed by atoms with Gasteiger partial charge in [-0.15, -0.1) is 0 Å². The fourth-order valence-corrected chi connectivity index (χ4v) is 4.21. The quantitative estimate of drug-likeness (QED) is 0.858. The maximum absolute atomic E-state index is 13.0. The Bertz CT molecular complexity index is 665. The highest BCUT2D eigenvalue weighted by Crippen LogP contribution is 2.38. The van der Waals surface area contributed by atoms with Crippen molar-refractivity contribution in [3.63, 3.8) is 0 Å². The minimum atomic E-state index is -0.821. The maximum atomic E-state index is 13.0. The van der Waals surface area contributed by atoms with E-state index in [1.54, 1.807) is 12.4 Å². The predicted molar refractivity (Wildman–Crippen MR) is 91.6 cm³/mol. The first kappa shape index (κ1) is 17.4. The molecule has 7 heteroatoms. The lowest BCUT2D eigenvalue weighted by molar-refractivity contribution is -0.140. The topological polar surface area (TPSA) is 71.5 Å². The van der Waals surface area contributed by atoms with Crippen LogP contribution in [0.3, 0.4) is 0 Å². The Morgan fingerprint density at radius 2 is 2.19 bits per heavy atom. The third kappa shape index (κ3) is 3.58. The van der Waals surface area contributed by atoms with E-state index < -0.39 is 6.17 Å². The molecule has 0 unspecified atom stereocenters. The number of fused-ring (bicyclic) bond motifs is 1. The molecule has 3 atom stereocenters. The number of alkyl halides is 1. The molecule has 0 aromatic carbocycles. The normalized spacial score (nSPS) is 32.8. The molecule has 1 aliphatic carbocycles. The molecule has 4 rings (SSSR count). The SMILES string of the molecule is O=C(C[C@@H]1CO[C@@H]2CN(C(=O)C3CC(F)C3)C[C@H]12)NCc1cccnc1. The van der Waals surface area contributed by atoms with E-state index >= 15 is 0 Å². The molecule has 2 saturated heterocycles. The molecule has 3 aliphatic rings. The van der Waals surface area contributed by atoms with E-state index in [-0.39, 0.29) is 35.7 Å². The summed E-state index contributed by atoms with van der Waals surface area (Å²) in [5, 5.41) is 2.92. The van der Waals surface area contributed by atoms with Crippen molar-refractivity contribution >= 4 is 11.8 Å². The van der Waals surface area contributed by atoms with Crippen LogP contribution in [0, 0.1) is 17.8 Å². The van der Waals surface area contributed by atoms with E-state index in [0.717, 1.165) is 5.56 Å². The number of carbonyl (C=O) groups excluding carboxylic acids is 2. The average molecular weight is 361 g/mol. The number of ether oxygens (including phenoxy) is 1. The number of halogens is 1. The molecule has 2 aliphatic heterocycles. The second-order valence-electron chi connectivity index (χ2n) is 7.65. The van der Waals surface area contributed by atoms with Crippen LogP contribution in [0.4, 0.5) is 4.39 Å². The monoisotopic (exact) mass is 361 g/mol. The first-order chi connectivity index (χ1) is 12.6.